The van der Waals surface area contributed by atoms with E-state index in [4.69, 9.17) is 10.4 Å². The highest BCUT2D eigenvalue weighted by molar-refractivity contribution is 5.66. The second-order valence-corrected chi connectivity index (χ2v) is 8.73. The van der Waals surface area contributed by atoms with Gasteiger partial charge in [0, 0.05) is 12.3 Å². The molecule has 0 radical (unpaired) electrons. The van der Waals surface area contributed by atoms with Crippen molar-refractivity contribution >= 4 is 5.97 Å². The van der Waals surface area contributed by atoms with E-state index in [9.17, 15) is 9.90 Å². The van der Waals surface area contributed by atoms with Crippen molar-refractivity contribution in [2.45, 2.75) is 130 Å². The van der Waals surface area contributed by atoms with E-state index in [1.54, 1.807) is 0 Å². The van der Waals surface area contributed by atoms with E-state index >= 15 is 0 Å². The van der Waals surface area contributed by atoms with Crippen molar-refractivity contribution in [3.05, 3.63) is 0 Å². The molecule has 2 N–H and O–H groups in total. The standard InChI is InChI=1S/C16H27NO.C7H14O2.C2H6/c1-2-16(9-4-10-16)15(18)6-3-5-13-7-8-14(11-13)12-17;1-2-3-4-5-6-7(8)9;1-2/h13-15,18H,2-11H2,1H3;2-6H2,1H3,(H,8,9);1-2H3/t13-,14+,15?;;/m0../s1. The van der Waals surface area contributed by atoms with Gasteiger partial charge in [0.25, 0.3) is 0 Å². The molecule has 0 aromatic carbocycles. The third-order valence-corrected chi connectivity index (χ3v) is 6.82. The molecular weight excluding hydrogens is 362 g/mol. The Hall–Kier alpha value is -1.08. The van der Waals surface area contributed by atoms with Gasteiger partial charge in [-0.3, -0.25) is 4.79 Å². The molecule has 29 heavy (non-hydrogen) atoms. The van der Waals surface area contributed by atoms with E-state index in [1.165, 1.54) is 38.5 Å². The molecule has 0 spiro atoms. The normalized spacial score (nSPS) is 22.8. The van der Waals surface area contributed by atoms with E-state index in [2.05, 4.69) is 19.9 Å². The smallest absolute Gasteiger partial charge is 0.303 e. The number of aliphatic hydroxyl groups excluding tert-OH is 1. The van der Waals surface area contributed by atoms with E-state index in [0.29, 0.717) is 12.3 Å². The maximum atomic E-state index is 10.3. The number of nitrogens with zero attached hydrogens (tertiary/aromatic N) is 1. The summed E-state index contributed by atoms with van der Waals surface area (Å²) in [4.78, 5) is 9.96. The zero-order valence-electron chi connectivity index (χ0n) is 19.6. The molecule has 1 unspecified atom stereocenters. The quantitative estimate of drug-likeness (QED) is 0.356. The molecule has 0 amide bonds. The third kappa shape index (κ3) is 11.0. The first-order valence-electron chi connectivity index (χ1n) is 12.3. The summed E-state index contributed by atoms with van der Waals surface area (Å²) in [5, 5.41) is 27.4. The van der Waals surface area contributed by atoms with Crippen LogP contribution in [0, 0.1) is 28.6 Å². The first-order chi connectivity index (χ1) is 14.0. The van der Waals surface area contributed by atoms with Crippen LogP contribution >= 0.6 is 0 Å². The minimum atomic E-state index is -0.675. The number of nitriles is 1. The Labute approximate surface area is 180 Å². The number of unbranched alkanes of at least 4 members (excludes halogenated alkanes) is 3. The molecular formula is C25H47NO3. The van der Waals surface area contributed by atoms with Crippen molar-refractivity contribution in [3.8, 4) is 6.07 Å². The molecule has 2 saturated carbocycles. The summed E-state index contributed by atoms with van der Waals surface area (Å²) >= 11 is 0. The summed E-state index contributed by atoms with van der Waals surface area (Å²) in [5.74, 6) is 0.389. The van der Waals surface area contributed by atoms with Crippen molar-refractivity contribution in [3.63, 3.8) is 0 Å². The van der Waals surface area contributed by atoms with Crippen LogP contribution in [0.2, 0.25) is 0 Å². The molecule has 170 valence electrons. The van der Waals surface area contributed by atoms with Gasteiger partial charge >= 0.3 is 5.97 Å². The Kier molecular flexibility index (Phi) is 16.1. The van der Waals surface area contributed by atoms with Crippen molar-refractivity contribution in [2.75, 3.05) is 0 Å². The lowest BCUT2D eigenvalue weighted by atomic mass is 9.62. The molecule has 0 aromatic heterocycles. The van der Waals surface area contributed by atoms with Crippen LogP contribution in [0.25, 0.3) is 0 Å². The van der Waals surface area contributed by atoms with Gasteiger partial charge < -0.3 is 10.2 Å². The van der Waals surface area contributed by atoms with E-state index < -0.39 is 5.97 Å². The number of carbonyl (C=O) groups is 1. The predicted octanol–water partition coefficient (Wildman–Crippen LogP) is 7.11. The summed E-state index contributed by atoms with van der Waals surface area (Å²) in [6, 6.07) is 2.40. The summed E-state index contributed by atoms with van der Waals surface area (Å²) in [6.07, 6.45) is 16.1. The Morgan fingerprint density at radius 1 is 1.14 bits per heavy atom. The molecule has 4 heteroatoms. The zero-order chi connectivity index (χ0) is 22.1. The number of aliphatic carboxylic acids is 1. The lowest BCUT2D eigenvalue weighted by Gasteiger charge is -2.45. The first-order valence-corrected chi connectivity index (χ1v) is 12.3. The second-order valence-electron chi connectivity index (χ2n) is 8.73. The molecule has 0 aromatic rings. The van der Waals surface area contributed by atoms with Gasteiger partial charge in [0.1, 0.15) is 0 Å². The van der Waals surface area contributed by atoms with Crippen LogP contribution in [0.3, 0.4) is 0 Å². The average Bonchev–Trinajstić information content (AvgIpc) is 3.15. The van der Waals surface area contributed by atoms with Crippen molar-refractivity contribution < 1.29 is 15.0 Å². The number of carboxylic acid groups (broad SMARTS) is 1. The Balaban J connectivity index is 0.000000606. The van der Waals surface area contributed by atoms with Crippen LogP contribution < -0.4 is 0 Å². The fraction of sp³-hybridized carbons (Fsp3) is 0.920. The van der Waals surface area contributed by atoms with Gasteiger partial charge in [-0.15, -0.1) is 0 Å². The van der Waals surface area contributed by atoms with Gasteiger partial charge in [-0.1, -0.05) is 66.2 Å². The third-order valence-electron chi connectivity index (χ3n) is 6.82. The molecule has 2 aliphatic rings. The molecule has 2 aliphatic carbocycles. The maximum Gasteiger partial charge on any atom is 0.303 e. The highest BCUT2D eigenvalue weighted by atomic mass is 16.4. The second kappa shape index (κ2) is 16.7. The Morgan fingerprint density at radius 2 is 1.83 bits per heavy atom. The lowest BCUT2D eigenvalue weighted by Crippen LogP contribution is -2.40. The van der Waals surface area contributed by atoms with Crippen LogP contribution in [-0.4, -0.2) is 22.3 Å². The Bertz CT molecular complexity index is 448. The highest BCUT2D eigenvalue weighted by Crippen LogP contribution is 2.48. The van der Waals surface area contributed by atoms with E-state index in [-0.39, 0.29) is 11.5 Å². The molecule has 0 bridgehead atoms. The molecule has 3 atom stereocenters. The van der Waals surface area contributed by atoms with Crippen LogP contribution in [0.5, 0.6) is 0 Å². The van der Waals surface area contributed by atoms with Gasteiger partial charge in [-0.25, -0.2) is 0 Å². The largest absolute Gasteiger partial charge is 0.481 e. The summed E-state index contributed by atoms with van der Waals surface area (Å²) < 4.78 is 0. The fourth-order valence-corrected chi connectivity index (χ4v) is 4.62. The van der Waals surface area contributed by atoms with Crippen LogP contribution in [0.15, 0.2) is 0 Å². The topological polar surface area (TPSA) is 81.3 Å². The summed E-state index contributed by atoms with van der Waals surface area (Å²) in [5.41, 5.74) is 0.269. The number of hydrogen-bond acceptors (Lipinski definition) is 3. The van der Waals surface area contributed by atoms with Gasteiger partial charge in [-0.2, -0.15) is 5.26 Å². The van der Waals surface area contributed by atoms with Gasteiger partial charge in [0.05, 0.1) is 12.2 Å². The summed E-state index contributed by atoms with van der Waals surface area (Å²) in [7, 11) is 0. The Morgan fingerprint density at radius 3 is 2.28 bits per heavy atom. The van der Waals surface area contributed by atoms with Crippen molar-refractivity contribution in [1.29, 1.82) is 5.26 Å². The molecule has 0 heterocycles. The highest BCUT2D eigenvalue weighted by Gasteiger charge is 2.41. The molecule has 0 aliphatic heterocycles. The fourth-order valence-electron chi connectivity index (χ4n) is 4.62. The number of hydrogen-bond donors (Lipinski definition) is 2. The minimum absolute atomic E-state index is 0.0792. The first kappa shape index (κ1) is 27.9. The van der Waals surface area contributed by atoms with Crippen molar-refractivity contribution in [1.82, 2.24) is 0 Å². The van der Waals surface area contributed by atoms with Gasteiger partial charge in [0.2, 0.25) is 0 Å². The van der Waals surface area contributed by atoms with Gasteiger partial charge in [-0.05, 0) is 62.7 Å². The average molecular weight is 410 g/mol. The van der Waals surface area contributed by atoms with E-state index in [1.807, 2.05) is 13.8 Å². The number of rotatable bonds is 11. The number of carboxylic acids is 1. The van der Waals surface area contributed by atoms with E-state index in [0.717, 1.165) is 57.3 Å². The maximum absolute atomic E-state index is 10.3. The zero-order valence-corrected chi connectivity index (χ0v) is 19.6. The SMILES string of the molecule is CC.CCC1(C(O)CCC[C@H]2CC[C@@H](C#N)C2)CCC1.CCCCCCC(=O)O. The van der Waals surface area contributed by atoms with Crippen molar-refractivity contribution in [2.24, 2.45) is 17.3 Å². The molecule has 0 saturated heterocycles. The van der Waals surface area contributed by atoms with Crippen LogP contribution in [0.1, 0.15) is 124 Å². The molecule has 2 rings (SSSR count). The molecule has 2 fully saturated rings. The molecule has 4 nitrogen and oxygen atoms in total. The minimum Gasteiger partial charge on any atom is -0.481 e. The monoisotopic (exact) mass is 409 g/mol. The number of aliphatic hydroxyl groups is 1. The predicted molar refractivity (Wildman–Crippen MR) is 121 cm³/mol. The van der Waals surface area contributed by atoms with Crippen LogP contribution in [-0.2, 0) is 4.79 Å². The van der Waals surface area contributed by atoms with Crippen LogP contribution in [0.4, 0.5) is 0 Å². The van der Waals surface area contributed by atoms with Gasteiger partial charge in [0.15, 0.2) is 0 Å². The summed E-state index contributed by atoms with van der Waals surface area (Å²) in [6.45, 7) is 8.33. The lowest BCUT2D eigenvalue weighted by molar-refractivity contribution is -0.137.